The van der Waals surface area contributed by atoms with Crippen molar-refractivity contribution in [3.63, 3.8) is 0 Å². The van der Waals surface area contributed by atoms with Crippen LogP contribution in [-0.2, 0) is 25.7 Å². The Morgan fingerprint density at radius 3 is 2.08 bits per heavy atom. The summed E-state index contributed by atoms with van der Waals surface area (Å²) in [5, 5.41) is 16.2. The molecule has 0 unspecified atom stereocenters. The number of carboxylic acid groups (broad SMARTS) is 1. The van der Waals surface area contributed by atoms with Gasteiger partial charge in [-0.2, -0.15) is 0 Å². The van der Waals surface area contributed by atoms with Crippen molar-refractivity contribution < 1.29 is 38.6 Å². The molecular weight excluding hydrogens is 470 g/mol. The van der Waals surface area contributed by atoms with Gasteiger partial charge in [-0.15, -0.1) is 0 Å². The molecule has 0 radical (unpaired) electrons. The average molecular weight is 500 g/mol. The molecular formula is C25H29N3O8. The van der Waals surface area contributed by atoms with E-state index in [4.69, 9.17) is 14.6 Å². The molecule has 11 nitrogen and oxygen atoms in total. The van der Waals surface area contributed by atoms with Gasteiger partial charge in [0.2, 0.25) is 5.91 Å². The molecule has 0 aromatic heterocycles. The van der Waals surface area contributed by atoms with E-state index in [1.54, 1.807) is 45.0 Å². The van der Waals surface area contributed by atoms with Crippen LogP contribution in [0.4, 0.5) is 4.79 Å². The molecule has 0 spiro atoms. The lowest BCUT2D eigenvalue weighted by atomic mass is 10.1. The SMILES string of the molecule is CC(C)(C)OC(=O)CNC(=O)[C@H](CNC(=O)c1ccc(C(=O)O)cc1)NC(=O)OCc1ccccc1. The lowest BCUT2D eigenvalue weighted by Crippen LogP contribution is -2.53. The topological polar surface area (TPSA) is 160 Å². The molecule has 0 heterocycles. The monoisotopic (exact) mass is 499 g/mol. The molecule has 0 aliphatic carbocycles. The third kappa shape index (κ3) is 9.84. The highest BCUT2D eigenvalue weighted by Gasteiger charge is 2.24. The summed E-state index contributed by atoms with van der Waals surface area (Å²) in [5.74, 6) is -3.17. The molecule has 2 aromatic carbocycles. The molecule has 192 valence electrons. The molecule has 2 aromatic rings. The van der Waals surface area contributed by atoms with Gasteiger partial charge in [0.05, 0.1) is 5.56 Å². The minimum atomic E-state index is -1.28. The first-order valence-electron chi connectivity index (χ1n) is 11.0. The highest BCUT2D eigenvalue weighted by atomic mass is 16.6. The second-order valence-corrected chi connectivity index (χ2v) is 8.66. The quantitative estimate of drug-likeness (QED) is 0.360. The predicted molar refractivity (Wildman–Crippen MR) is 128 cm³/mol. The first kappa shape index (κ1) is 27.8. The summed E-state index contributed by atoms with van der Waals surface area (Å²) in [6.07, 6.45) is -0.906. The molecule has 4 N–H and O–H groups in total. The average Bonchev–Trinajstić information content (AvgIpc) is 2.83. The maximum Gasteiger partial charge on any atom is 0.408 e. The highest BCUT2D eigenvalue weighted by molar-refractivity contribution is 5.96. The summed E-state index contributed by atoms with van der Waals surface area (Å²) in [6.45, 7) is 4.22. The van der Waals surface area contributed by atoms with Gasteiger partial charge in [0.25, 0.3) is 5.91 Å². The number of amides is 3. The fourth-order valence-corrected chi connectivity index (χ4v) is 2.84. The van der Waals surface area contributed by atoms with E-state index < -0.39 is 48.0 Å². The number of hydrogen-bond donors (Lipinski definition) is 4. The smallest absolute Gasteiger partial charge is 0.408 e. The van der Waals surface area contributed by atoms with Crippen LogP contribution < -0.4 is 16.0 Å². The van der Waals surface area contributed by atoms with Gasteiger partial charge >= 0.3 is 18.0 Å². The lowest BCUT2D eigenvalue weighted by Gasteiger charge is -2.21. The first-order chi connectivity index (χ1) is 16.9. The number of rotatable bonds is 10. The number of hydrogen-bond acceptors (Lipinski definition) is 7. The van der Waals surface area contributed by atoms with Crippen LogP contribution in [0, 0.1) is 0 Å². The largest absolute Gasteiger partial charge is 0.478 e. The van der Waals surface area contributed by atoms with Crippen molar-refractivity contribution in [3.8, 4) is 0 Å². The Kier molecular flexibility index (Phi) is 9.96. The second-order valence-electron chi connectivity index (χ2n) is 8.66. The summed E-state index contributed by atoms with van der Waals surface area (Å²) in [4.78, 5) is 60.4. The Labute approximate surface area is 208 Å². The van der Waals surface area contributed by atoms with Gasteiger partial charge in [0, 0.05) is 12.1 Å². The third-order valence-electron chi connectivity index (χ3n) is 4.51. The summed E-state index contributed by atoms with van der Waals surface area (Å²) >= 11 is 0. The number of carbonyl (C=O) groups is 5. The number of nitrogens with one attached hydrogen (secondary N) is 3. The lowest BCUT2D eigenvalue weighted by molar-refractivity contribution is -0.154. The molecule has 0 fully saturated rings. The number of esters is 1. The summed E-state index contributed by atoms with van der Waals surface area (Å²) in [6, 6.07) is 12.8. The van der Waals surface area contributed by atoms with Gasteiger partial charge in [-0.3, -0.25) is 14.4 Å². The van der Waals surface area contributed by atoms with Crippen LogP contribution in [0.25, 0.3) is 0 Å². The minimum Gasteiger partial charge on any atom is -0.478 e. The molecule has 0 saturated heterocycles. The number of ether oxygens (including phenoxy) is 2. The zero-order chi connectivity index (χ0) is 26.7. The Hall–Kier alpha value is -4.41. The van der Waals surface area contributed by atoms with E-state index in [9.17, 15) is 24.0 Å². The van der Waals surface area contributed by atoms with Crippen LogP contribution in [0.2, 0.25) is 0 Å². The molecule has 1 atom stereocenters. The van der Waals surface area contributed by atoms with Crippen molar-refractivity contribution in [2.45, 2.75) is 39.0 Å². The molecule has 0 aliphatic rings. The van der Waals surface area contributed by atoms with E-state index in [1.165, 1.54) is 24.3 Å². The van der Waals surface area contributed by atoms with Gasteiger partial charge in [-0.1, -0.05) is 30.3 Å². The van der Waals surface area contributed by atoms with Crippen LogP contribution in [0.5, 0.6) is 0 Å². The van der Waals surface area contributed by atoms with Gasteiger partial charge in [0.15, 0.2) is 0 Å². The molecule has 0 saturated carbocycles. The van der Waals surface area contributed by atoms with E-state index >= 15 is 0 Å². The molecule has 0 aliphatic heterocycles. The van der Waals surface area contributed by atoms with E-state index in [0.717, 1.165) is 5.56 Å². The maximum atomic E-state index is 12.7. The Morgan fingerprint density at radius 2 is 1.50 bits per heavy atom. The molecule has 3 amide bonds. The number of alkyl carbamates (subject to hydrolysis) is 1. The van der Waals surface area contributed by atoms with Gasteiger partial charge in [-0.05, 0) is 50.6 Å². The minimum absolute atomic E-state index is 0.00813. The van der Waals surface area contributed by atoms with Crippen molar-refractivity contribution in [2.24, 2.45) is 0 Å². The van der Waals surface area contributed by atoms with Crippen LogP contribution in [0.15, 0.2) is 54.6 Å². The standard InChI is InChI=1S/C25H29N3O8/c1-25(2,3)36-20(29)14-27-22(31)19(28-24(34)35-15-16-7-5-4-6-8-16)13-26-21(30)17-9-11-18(12-10-17)23(32)33/h4-12,19H,13-15H2,1-3H3,(H,26,30)(H,27,31)(H,28,34)(H,32,33)/t19-/m0/s1. The number of aromatic carboxylic acids is 1. The molecule has 36 heavy (non-hydrogen) atoms. The van der Waals surface area contributed by atoms with Crippen LogP contribution >= 0.6 is 0 Å². The highest BCUT2D eigenvalue weighted by Crippen LogP contribution is 2.07. The van der Waals surface area contributed by atoms with Crippen molar-refractivity contribution in [2.75, 3.05) is 13.1 Å². The maximum absolute atomic E-state index is 12.7. The summed E-state index contributed by atoms with van der Waals surface area (Å²) < 4.78 is 10.3. The number of carboxylic acids is 1. The Balaban J connectivity index is 2.01. The fraction of sp³-hybridized carbons (Fsp3) is 0.320. The van der Waals surface area contributed by atoms with Crippen molar-refractivity contribution >= 4 is 29.8 Å². The van der Waals surface area contributed by atoms with Gasteiger partial charge in [-0.25, -0.2) is 9.59 Å². The zero-order valence-corrected chi connectivity index (χ0v) is 20.2. The Morgan fingerprint density at radius 1 is 0.889 bits per heavy atom. The zero-order valence-electron chi connectivity index (χ0n) is 20.2. The Bertz CT molecular complexity index is 1080. The normalized spacial score (nSPS) is 11.5. The van der Waals surface area contributed by atoms with Gasteiger partial charge in [0.1, 0.15) is 24.8 Å². The van der Waals surface area contributed by atoms with Crippen molar-refractivity contribution in [3.05, 3.63) is 71.3 Å². The number of carbonyl (C=O) groups excluding carboxylic acids is 4. The van der Waals surface area contributed by atoms with Gasteiger partial charge < -0.3 is 30.5 Å². The summed E-state index contributed by atoms with van der Waals surface area (Å²) in [5.41, 5.74) is 0.148. The molecule has 2 rings (SSSR count). The van der Waals surface area contributed by atoms with Crippen LogP contribution in [-0.4, -0.2) is 59.7 Å². The van der Waals surface area contributed by atoms with E-state index in [1.807, 2.05) is 6.07 Å². The van der Waals surface area contributed by atoms with Crippen LogP contribution in [0.1, 0.15) is 47.1 Å². The third-order valence-corrected chi connectivity index (χ3v) is 4.51. The van der Waals surface area contributed by atoms with Crippen molar-refractivity contribution in [1.82, 2.24) is 16.0 Å². The van der Waals surface area contributed by atoms with Crippen molar-refractivity contribution in [1.29, 1.82) is 0 Å². The summed E-state index contributed by atoms with van der Waals surface area (Å²) in [7, 11) is 0. The second kappa shape index (κ2) is 12.9. The van der Waals surface area contributed by atoms with E-state index in [-0.39, 0.29) is 24.3 Å². The fourth-order valence-electron chi connectivity index (χ4n) is 2.84. The first-order valence-corrected chi connectivity index (χ1v) is 11.0. The predicted octanol–water partition coefficient (Wildman–Crippen LogP) is 1.87. The van der Waals surface area contributed by atoms with Crippen LogP contribution in [0.3, 0.4) is 0 Å². The van der Waals surface area contributed by atoms with E-state index in [2.05, 4.69) is 16.0 Å². The number of benzene rings is 2. The molecule has 11 heteroatoms. The van der Waals surface area contributed by atoms with E-state index in [0.29, 0.717) is 0 Å². The molecule has 0 bridgehead atoms.